The van der Waals surface area contributed by atoms with Gasteiger partial charge in [-0.2, -0.15) is 0 Å². The van der Waals surface area contributed by atoms with E-state index in [1.165, 1.54) is 5.56 Å². The average Bonchev–Trinajstić information content (AvgIpc) is 2.30. The summed E-state index contributed by atoms with van der Waals surface area (Å²) in [7, 11) is 2.02. The van der Waals surface area contributed by atoms with Crippen LogP contribution in [0.3, 0.4) is 0 Å². The van der Waals surface area contributed by atoms with Gasteiger partial charge in [0.1, 0.15) is 0 Å². The summed E-state index contributed by atoms with van der Waals surface area (Å²) in [6, 6.07) is 8.11. The van der Waals surface area contributed by atoms with Crippen molar-refractivity contribution in [1.82, 2.24) is 4.90 Å². The van der Waals surface area contributed by atoms with Gasteiger partial charge >= 0.3 is 5.97 Å². The monoisotopic (exact) mass is 233 g/mol. The molecule has 0 aliphatic carbocycles. The van der Waals surface area contributed by atoms with Crippen LogP contribution >= 0.6 is 0 Å². The first-order valence-corrected chi connectivity index (χ1v) is 6.10. The number of hydrogen-bond donors (Lipinski definition) is 1. The second kappa shape index (κ2) is 4.88. The standard InChI is InChI=1S/C14H19NO2/c1-10-6-3-4-7-11(10)13-12(14(16)17)8-5-9-15(13)2/h3-4,6-7,12-13H,5,8-9H2,1-2H3,(H,16,17). The maximum Gasteiger partial charge on any atom is 0.308 e. The Morgan fingerprint density at radius 1 is 1.41 bits per heavy atom. The van der Waals surface area contributed by atoms with E-state index >= 15 is 0 Å². The van der Waals surface area contributed by atoms with Crippen molar-refractivity contribution in [2.45, 2.75) is 25.8 Å². The van der Waals surface area contributed by atoms with E-state index in [-0.39, 0.29) is 12.0 Å². The van der Waals surface area contributed by atoms with Crippen molar-refractivity contribution in [2.75, 3.05) is 13.6 Å². The fourth-order valence-corrected chi connectivity index (χ4v) is 2.80. The third-order valence-corrected chi connectivity index (χ3v) is 3.71. The number of nitrogens with zero attached hydrogens (tertiary/aromatic N) is 1. The van der Waals surface area contributed by atoms with Gasteiger partial charge in [0.25, 0.3) is 0 Å². The van der Waals surface area contributed by atoms with Crippen LogP contribution < -0.4 is 0 Å². The first-order valence-electron chi connectivity index (χ1n) is 6.10. The minimum Gasteiger partial charge on any atom is -0.481 e. The fraction of sp³-hybridized carbons (Fsp3) is 0.500. The summed E-state index contributed by atoms with van der Waals surface area (Å²) >= 11 is 0. The van der Waals surface area contributed by atoms with Gasteiger partial charge in [-0.1, -0.05) is 24.3 Å². The van der Waals surface area contributed by atoms with E-state index in [4.69, 9.17) is 0 Å². The molecule has 17 heavy (non-hydrogen) atoms. The lowest BCUT2D eigenvalue weighted by Gasteiger charge is -2.38. The predicted molar refractivity (Wildman–Crippen MR) is 66.9 cm³/mol. The summed E-state index contributed by atoms with van der Waals surface area (Å²) in [5.41, 5.74) is 2.33. The van der Waals surface area contributed by atoms with E-state index in [2.05, 4.69) is 24.0 Å². The molecule has 92 valence electrons. The molecule has 2 unspecified atom stereocenters. The van der Waals surface area contributed by atoms with Crippen LogP contribution in [-0.4, -0.2) is 29.6 Å². The third kappa shape index (κ3) is 2.34. The number of carboxylic acid groups (broad SMARTS) is 1. The van der Waals surface area contributed by atoms with E-state index < -0.39 is 5.97 Å². The summed E-state index contributed by atoms with van der Waals surface area (Å²) in [5.74, 6) is -0.959. The number of piperidine rings is 1. The van der Waals surface area contributed by atoms with Gasteiger partial charge < -0.3 is 5.11 Å². The van der Waals surface area contributed by atoms with Crippen LogP contribution in [0.1, 0.15) is 30.0 Å². The van der Waals surface area contributed by atoms with Crippen LogP contribution in [0, 0.1) is 12.8 Å². The van der Waals surface area contributed by atoms with Gasteiger partial charge in [0.2, 0.25) is 0 Å². The molecule has 3 nitrogen and oxygen atoms in total. The fourth-order valence-electron chi connectivity index (χ4n) is 2.80. The Morgan fingerprint density at radius 2 is 2.12 bits per heavy atom. The molecule has 0 amide bonds. The van der Waals surface area contributed by atoms with Crippen molar-refractivity contribution in [2.24, 2.45) is 5.92 Å². The Kier molecular flexibility index (Phi) is 3.48. The molecule has 2 atom stereocenters. The normalized spacial score (nSPS) is 25.8. The second-order valence-corrected chi connectivity index (χ2v) is 4.87. The molecule has 1 N–H and O–H groups in total. The van der Waals surface area contributed by atoms with Crippen molar-refractivity contribution in [1.29, 1.82) is 0 Å². The SMILES string of the molecule is Cc1ccccc1C1C(C(=O)O)CCCN1C. The molecule has 1 aliphatic heterocycles. The molecular formula is C14H19NO2. The van der Waals surface area contributed by atoms with Crippen LogP contribution in [0.2, 0.25) is 0 Å². The van der Waals surface area contributed by atoms with Crippen LogP contribution in [0.5, 0.6) is 0 Å². The summed E-state index contributed by atoms with van der Waals surface area (Å²) in [6.45, 7) is 3.03. The van der Waals surface area contributed by atoms with Crippen LogP contribution in [-0.2, 0) is 4.79 Å². The molecule has 1 saturated heterocycles. The highest BCUT2D eigenvalue weighted by Crippen LogP contribution is 2.36. The molecular weight excluding hydrogens is 214 g/mol. The molecule has 1 aromatic carbocycles. The highest BCUT2D eigenvalue weighted by Gasteiger charge is 2.35. The Bertz CT molecular complexity index is 416. The van der Waals surface area contributed by atoms with Crippen LogP contribution in [0.25, 0.3) is 0 Å². The number of aryl methyl sites for hydroxylation is 1. The zero-order valence-electron chi connectivity index (χ0n) is 10.4. The topological polar surface area (TPSA) is 40.5 Å². The average molecular weight is 233 g/mol. The number of aliphatic carboxylic acids is 1. The van der Waals surface area contributed by atoms with Gasteiger partial charge in [-0.05, 0) is 44.5 Å². The van der Waals surface area contributed by atoms with Gasteiger partial charge in [0.15, 0.2) is 0 Å². The van der Waals surface area contributed by atoms with Crippen molar-refractivity contribution >= 4 is 5.97 Å². The zero-order chi connectivity index (χ0) is 12.4. The zero-order valence-corrected chi connectivity index (χ0v) is 10.4. The number of carbonyl (C=O) groups is 1. The van der Waals surface area contributed by atoms with Crippen molar-refractivity contribution in [3.05, 3.63) is 35.4 Å². The molecule has 0 bridgehead atoms. The highest BCUT2D eigenvalue weighted by atomic mass is 16.4. The Balaban J connectivity index is 2.38. The van der Waals surface area contributed by atoms with Crippen molar-refractivity contribution in [3.63, 3.8) is 0 Å². The number of rotatable bonds is 2. The lowest BCUT2D eigenvalue weighted by molar-refractivity contribution is -0.145. The molecule has 0 saturated carbocycles. The van der Waals surface area contributed by atoms with E-state index in [1.807, 2.05) is 19.2 Å². The van der Waals surface area contributed by atoms with E-state index in [0.29, 0.717) is 0 Å². The lowest BCUT2D eigenvalue weighted by Crippen LogP contribution is -2.39. The Labute approximate surface area is 102 Å². The molecule has 2 rings (SSSR count). The predicted octanol–water partition coefficient (Wildman–Crippen LogP) is 2.46. The van der Waals surface area contributed by atoms with Crippen LogP contribution in [0.4, 0.5) is 0 Å². The quantitative estimate of drug-likeness (QED) is 0.853. The third-order valence-electron chi connectivity index (χ3n) is 3.71. The molecule has 0 aromatic heterocycles. The molecule has 1 aliphatic rings. The maximum atomic E-state index is 11.4. The molecule has 3 heteroatoms. The summed E-state index contributed by atoms with van der Waals surface area (Å²) in [5, 5.41) is 9.35. The number of likely N-dealkylation sites (tertiary alicyclic amines) is 1. The second-order valence-electron chi connectivity index (χ2n) is 4.87. The molecule has 1 fully saturated rings. The van der Waals surface area contributed by atoms with E-state index in [9.17, 15) is 9.90 Å². The number of hydrogen-bond acceptors (Lipinski definition) is 2. The smallest absolute Gasteiger partial charge is 0.308 e. The Morgan fingerprint density at radius 3 is 2.76 bits per heavy atom. The minimum absolute atomic E-state index is 0.0162. The van der Waals surface area contributed by atoms with Gasteiger partial charge in [-0.25, -0.2) is 0 Å². The number of benzene rings is 1. The van der Waals surface area contributed by atoms with Gasteiger partial charge in [-0.3, -0.25) is 9.69 Å². The number of carboxylic acids is 1. The molecule has 0 spiro atoms. The van der Waals surface area contributed by atoms with Gasteiger partial charge in [0, 0.05) is 6.04 Å². The maximum absolute atomic E-state index is 11.4. The minimum atomic E-state index is -0.676. The Hall–Kier alpha value is -1.35. The summed E-state index contributed by atoms with van der Waals surface area (Å²) in [6.07, 6.45) is 1.74. The van der Waals surface area contributed by atoms with Crippen molar-refractivity contribution in [3.8, 4) is 0 Å². The highest BCUT2D eigenvalue weighted by molar-refractivity contribution is 5.71. The van der Waals surface area contributed by atoms with E-state index in [0.717, 1.165) is 24.9 Å². The van der Waals surface area contributed by atoms with E-state index in [1.54, 1.807) is 0 Å². The van der Waals surface area contributed by atoms with Gasteiger partial charge in [-0.15, -0.1) is 0 Å². The van der Waals surface area contributed by atoms with Crippen LogP contribution in [0.15, 0.2) is 24.3 Å². The lowest BCUT2D eigenvalue weighted by atomic mass is 9.83. The first kappa shape index (κ1) is 12.1. The summed E-state index contributed by atoms with van der Waals surface area (Å²) < 4.78 is 0. The first-order chi connectivity index (χ1) is 8.11. The largest absolute Gasteiger partial charge is 0.481 e. The van der Waals surface area contributed by atoms with Gasteiger partial charge in [0.05, 0.1) is 5.92 Å². The molecule has 0 radical (unpaired) electrons. The molecule has 1 heterocycles. The summed E-state index contributed by atoms with van der Waals surface area (Å²) in [4.78, 5) is 13.5. The van der Waals surface area contributed by atoms with Crippen molar-refractivity contribution < 1.29 is 9.90 Å². The molecule has 1 aromatic rings.